The van der Waals surface area contributed by atoms with Crippen molar-refractivity contribution in [2.24, 2.45) is 17.3 Å². The van der Waals surface area contributed by atoms with E-state index < -0.39 is 5.41 Å². The van der Waals surface area contributed by atoms with Gasteiger partial charge in [-0.15, -0.1) is 0 Å². The smallest absolute Gasteiger partial charge is 0.290 e. The summed E-state index contributed by atoms with van der Waals surface area (Å²) in [4.78, 5) is 26.2. The lowest BCUT2D eigenvalue weighted by Crippen LogP contribution is -2.50. The van der Waals surface area contributed by atoms with Crippen LogP contribution in [0.2, 0.25) is 0 Å². The van der Waals surface area contributed by atoms with Crippen molar-refractivity contribution in [2.75, 3.05) is 33.2 Å². The topological polar surface area (TPSA) is 37.4 Å². The van der Waals surface area contributed by atoms with Crippen LogP contribution in [-0.4, -0.2) is 60.3 Å². The van der Waals surface area contributed by atoms with Crippen molar-refractivity contribution in [3.8, 4) is 0 Å². The first-order valence-corrected chi connectivity index (χ1v) is 7.72. The van der Waals surface area contributed by atoms with Gasteiger partial charge in [0.2, 0.25) is 5.78 Å². The average molecular weight is 281 g/mol. The highest BCUT2D eigenvalue weighted by Gasteiger charge is 2.50. The van der Waals surface area contributed by atoms with Crippen molar-refractivity contribution in [3.05, 3.63) is 0 Å². The summed E-state index contributed by atoms with van der Waals surface area (Å²) in [7, 11) is 2.31. The molecule has 2 atom stereocenters. The molecule has 2 unspecified atom stereocenters. The van der Waals surface area contributed by atoms with E-state index in [0.717, 1.165) is 30.7 Å². The lowest BCUT2D eigenvalue weighted by Gasteiger charge is -2.36. The minimum absolute atomic E-state index is 0.251. The second kappa shape index (κ2) is 4.83. The molecule has 2 rings (SSSR count). The van der Waals surface area contributed by atoms with Crippen LogP contribution in [0.3, 0.4) is 0 Å². The van der Waals surface area contributed by atoms with Gasteiger partial charge in [0.25, 0.3) is 5.91 Å². The van der Waals surface area contributed by atoms with Gasteiger partial charge in [-0.05, 0) is 13.8 Å². The molecule has 0 aliphatic carbocycles. The van der Waals surface area contributed by atoms with E-state index in [1.165, 1.54) is 0 Å². The molecule has 0 aromatic heterocycles. The number of hydrogen-bond donors (Lipinski definition) is 0. The number of carbonyl (C=O) groups excluding carboxylic acids is 2. The van der Waals surface area contributed by atoms with Crippen LogP contribution in [0, 0.1) is 17.3 Å². The minimum Gasteiger partial charge on any atom is -0.335 e. The lowest BCUT2D eigenvalue weighted by molar-refractivity contribution is -0.921. The Morgan fingerprint density at radius 1 is 1.10 bits per heavy atom. The van der Waals surface area contributed by atoms with E-state index >= 15 is 0 Å². The van der Waals surface area contributed by atoms with Crippen LogP contribution in [0.15, 0.2) is 0 Å². The zero-order valence-corrected chi connectivity index (χ0v) is 13.8. The Morgan fingerprint density at radius 3 is 1.90 bits per heavy atom. The summed E-state index contributed by atoms with van der Waals surface area (Å²) in [5, 5.41) is 0. The fourth-order valence-corrected chi connectivity index (χ4v) is 3.55. The Bertz CT molecular complexity index is 409. The van der Waals surface area contributed by atoms with E-state index in [1.807, 2.05) is 20.8 Å². The molecule has 0 aromatic carbocycles. The number of amides is 1. The van der Waals surface area contributed by atoms with Crippen molar-refractivity contribution >= 4 is 11.7 Å². The third-order valence-electron chi connectivity index (χ3n) is 5.29. The molecule has 2 fully saturated rings. The van der Waals surface area contributed by atoms with Gasteiger partial charge in [-0.25, -0.2) is 0 Å². The molecular formula is C16H29N2O2+. The highest BCUT2D eigenvalue weighted by atomic mass is 16.2. The molecule has 0 spiro atoms. The first-order chi connectivity index (χ1) is 9.04. The molecule has 0 N–H and O–H groups in total. The number of ketones is 1. The quantitative estimate of drug-likeness (QED) is 0.569. The van der Waals surface area contributed by atoms with Crippen LogP contribution in [0.5, 0.6) is 0 Å². The first-order valence-electron chi connectivity index (χ1n) is 7.72. The third-order valence-corrected chi connectivity index (χ3v) is 5.29. The molecule has 0 aromatic rings. The normalized spacial score (nSPS) is 33.6. The van der Waals surface area contributed by atoms with Crippen LogP contribution < -0.4 is 0 Å². The standard InChI is InChI=1S/C16H29N2O2/c1-11(2)18(6)9-12-7-17(8-13(12)10-18)15(20)14(19)16(3,4)5/h11-13H,7-10H2,1-6H3/q+1. The number of Topliss-reactive ketones (excluding diaryl/α,β-unsaturated/α-hetero) is 1. The van der Waals surface area contributed by atoms with E-state index in [2.05, 4.69) is 20.9 Å². The molecular weight excluding hydrogens is 252 g/mol. The van der Waals surface area contributed by atoms with Crippen LogP contribution >= 0.6 is 0 Å². The number of carbonyl (C=O) groups is 2. The number of rotatable bonds is 2. The van der Waals surface area contributed by atoms with Crippen molar-refractivity contribution in [3.63, 3.8) is 0 Å². The zero-order valence-electron chi connectivity index (χ0n) is 13.8. The van der Waals surface area contributed by atoms with E-state index in [4.69, 9.17) is 0 Å². The number of hydrogen-bond acceptors (Lipinski definition) is 2. The van der Waals surface area contributed by atoms with Crippen molar-refractivity contribution < 1.29 is 14.1 Å². The average Bonchev–Trinajstić information content (AvgIpc) is 2.81. The summed E-state index contributed by atoms with van der Waals surface area (Å²) < 4.78 is 1.10. The van der Waals surface area contributed by atoms with E-state index in [0.29, 0.717) is 17.9 Å². The highest BCUT2D eigenvalue weighted by molar-refractivity contribution is 6.37. The Labute approximate surface area is 122 Å². The molecule has 2 saturated heterocycles. The Morgan fingerprint density at radius 2 is 1.55 bits per heavy atom. The molecule has 1 amide bonds. The molecule has 0 radical (unpaired) electrons. The van der Waals surface area contributed by atoms with E-state index in [1.54, 1.807) is 4.90 Å². The van der Waals surface area contributed by atoms with Crippen LogP contribution in [0.1, 0.15) is 34.6 Å². The molecule has 0 saturated carbocycles. The summed E-state index contributed by atoms with van der Waals surface area (Å²) in [6.07, 6.45) is 0. The Balaban J connectivity index is 2.00. The molecule has 114 valence electrons. The number of fused-ring (bicyclic) bond motifs is 1. The van der Waals surface area contributed by atoms with E-state index in [-0.39, 0.29) is 11.7 Å². The number of quaternary nitrogens is 1. The van der Waals surface area contributed by atoms with Crippen molar-refractivity contribution in [1.29, 1.82) is 0 Å². The SMILES string of the molecule is CC(C)[N+]1(C)CC2CN(C(=O)C(=O)C(C)(C)C)CC2C1. The maximum absolute atomic E-state index is 12.3. The van der Waals surface area contributed by atoms with E-state index in [9.17, 15) is 9.59 Å². The van der Waals surface area contributed by atoms with Gasteiger partial charge in [-0.1, -0.05) is 20.8 Å². The fourth-order valence-electron chi connectivity index (χ4n) is 3.55. The third kappa shape index (κ3) is 2.62. The summed E-state index contributed by atoms with van der Waals surface area (Å²) in [6, 6.07) is 0.626. The van der Waals surface area contributed by atoms with Gasteiger partial charge in [0, 0.05) is 30.3 Å². The molecule has 2 aliphatic heterocycles. The summed E-state index contributed by atoms with van der Waals surface area (Å²) in [5.74, 6) is 0.613. The van der Waals surface area contributed by atoms with Crippen molar-refractivity contribution in [2.45, 2.75) is 40.7 Å². The first kappa shape index (κ1) is 15.5. The lowest BCUT2D eigenvalue weighted by atomic mass is 9.90. The van der Waals surface area contributed by atoms with Gasteiger partial charge in [0.15, 0.2) is 0 Å². The van der Waals surface area contributed by atoms with Gasteiger partial charge in [-0.3, -0.25) is 9.59 Å². The maximum Gasteiger partial charge on any atom is 0.290 e. The fraction of sp³-hybridized carbons (Fsp3) is 0.875. The summed E-state index contributed by atoms with van der Waals surface area (Å²) in [6.45, 7) is 13.8. The molecule has 0 bridgehead atoms. The second-order valence-electron chi connectivity index (χ2n) is 8.25. The monoisotopic (exact) mass is 281 g/mol. The number of nitrogens with zero attached hydrogens (tertiary/aromatic N) is 2. The largest absolute Gasteiger partial charge is 0.335 e. The van der Waals surface area contributed by atoms with Gasteiger partial charge in [-0.2, -0.15) is 0 Å². The van der Waals surface area contributed by atoms with Crippen LogP contribution in [-0.2, 0) is 9.59 Å². The van der Waals surface area contributed by atoms with Crippen LogP contribution in [0.25, 0.3) is 0 Å². The summed E-state index contributed by atoms with van der Waals surface area (Å²) in [5.41, 5.74) is -0.572. The molecule has 4 nitrogen and oxygen atoms in total. The predicted octanol–water partition coefficient (Wildman–Crippen LogP) is 1.54. The summed E-state index contributed by atoms with van der Waals surface area (Å²) >= 11 is 0. The molecule has 20 heavy (non-hydrogen) atoms. The highest BCUT2D eigenvalue weighted by Crippen LogP contribution is 2.36. The van der Waals surface area contributed by atoms with Gasteiger partial charge >= 0.3 is 0 Å². The molecule has 4 heteroatoms. The zero-order chi connectivity index (χ0) is 15.3. The Hall–Kier alpha value is -0.900. The van der Waals surface area contributed by atoms with Gasteiger partial charge in [0.05, 0.1) is 26.2 Å². The number of likely N-dealkylation sites (tertiary alicyclic amines) is 2. The van der Waals surface area contributed by atoms with Gasteiger partial charge in [0.1, 0.15) is 0 Å². The predicted molar refractivity (Wildman–Crippen MR) is 79.1 cm³/mol. The molecule has 2 heterocycles. The van der Waals surface area contributed by atoms with Gasteiger partial charge < -0.3 is 9.38 Å². The maximum atomic E-state index is 12.3. The second-order valence-corrected chi connectivity index (χ2v) is 8.25. The van der Waals surface area contributed by atoms with Crippen molar-refractivity contribution in [1.82, 2.24) is 4.90 Å². The Kier molecular flexibility index (Phi) is 3.74. The molecule has 2 aliphatic rings. The minimum atomic E-state index is -0.572. The van der Waals surface area contributed by atoms with Crippen LogP contribution in [0.4, 0.5) is 0 Å².